The molecule has 3 aliphatic heterocycles. The standard InChI is InChI=1S/C46H79NO16/c1-16-18-21-57-33(48)19-20-34(49)61-38-31(47(12)13)22-26(4)58-43(38)63-41-28(6)37(62-35-24-44(9,55-14)40(52)30(8)59-35)29(7)42(53)60-32(17-2)46(11,54)39(51)27(5)36(50)25(3)23-45(41,10)56-15/h19-20,25-32,35,37-41,43,51-52,54H,16-18,21-24H2,1-15H3/b20-19+/t25-,26-,27+,28+,29-,30+,31+,32-,35+,37+,38-,39-,40+,41?,43+,44-,45-,46-/m1/s1. The summed E-state index contributed by atoms with van der Waals surface area (Å²) >= 11 is 0. The van der Waals surface area contributed by atoms with Crippen LogP contribution in [0, 0.1) is 23.7 Å². The number of nitrogens with zero attached hydrogens (tertiary/aromatic N) is 1. The Bertz CT molecular complexity index is 1540. The lowest BCUT2D eigenvalue weighted by Crippen LogP contribution is -2.62. The van der Waals surface area contributed by atoms with Gasteiger partial charge >= 0.3 is 17.9 Å². The van der Waals surface area contributed by atoms with Gasteiger partial charge in [-0.2, -0.15) is 0 Å². The van der Waals surface area contributed by atoms with Crippen LogP contribution in [-0.2, 0) is 61.8 Å². The van der Waals surface area contributed by atoms with E-state index in [9.17, 15) is 34.5 Å². The number of carbonyl (C=O) groups excluding carboxylic acids is 4. The van der Waals surface area contributed by atoms with Crippen molar-refractivity contribution in [2.45, 2.75) is 199 Å². The van der Waals surface area contributed by atoms with Crippen molar-refractivity contribution in [1.29, 1.82) is 0 Å². The summed E-state index contributed by atoms with van der Waals surface area (Å²) in [6.07, 6.45) is -6.38. The van der Waals surface area contributed by atoms with E-state index in [1.807, 2.05) is 32.8 Å². The van der Waals surface area contributed by atoms with E-state index >= 15 is 0 Å². The zero-order valence-electron chi connectivity index (χ0n) is 40.4. The Morgan fingerprint density at radius 3 is 2.03 bits per heavy atom. The third kappa shape index (κ3) is 13.3. The molecule has 3 saturated heterocycles. The second kappa shape index (κ2) is 23.2. The average Bonchev–Trinajstić information content (AvgIpc) is 3.23. The monoisotopic (exact) mass is 902 g/mol. The number of carbonyl (C=O) groups is 4. The van der Waals surface area contributed by atoms with Gasteiger partial charge in [-0.25, -0.2) is 9.59 Å². The fraction of sp³-hybridized carbons (Fsp3) is 0.870. The summed E-state index contributed by atoms with van der Waals surface area (Å²) in [6.45, 7) is 18.9. The molecule has 17 heteroatoms. The number of hydrogen-bond donors (Lipinski definition) is 3. The quantitative estimate of drug-likeness (QED) is 0.0976. The molecule has 0 aromatic heterocycles. The van der Waals surface area contributed by atoms with Gasteiger partial charge in [0, 0.05) is 50.5 Å². The molecule has 3 rings (SSSR count). The van der Waals surface area contributed by atoms with Crippen LogP contribution in [0.2, 0.25) is 0 Å². The number of unbranched alkanes of at least 4 members (excludes halogenated alkanes) is 1. The zero-order valence-corrected chi connectivity index (χ0v) is 40.4. The number of hydrogen-bond acceptors (Lipinski definition) is 17. The van der Waals surface area contributed by atoms with Crippen LogP contribution in [0.4, 0.5) is 0 Å². The predicted molar refractivity (Wildman–Crippen MR) is 230 cm³/mol. The highest BCUT2D eigenvalue weighted by molar-refractivity contribution is 5.91. The number of ketones is 1. The van der Waals surface area contributed by atoms with Crippen LogP contribution < -0.4 is 0 Å². The zero-order chi connectivity index (χ0) is 47.8. The number of Topliss-reactive ketones (excluding diaryl/α,β-unsaturated/α-hetero) is 1. The molecule has 3 fully saturated rings. The topological polar surface area (TPSA) is 215 Å². The van der Waals surface area contributed by atoms with Gasteiger partial charge in [-0.1, -0.05) is 41.0 Å². The summed E-state index contributed by atoms with van der Waals surface area (Å²) in [5.74, 6) is -6.46. The van der Waals surface area contributed by atoms with E-state index in [1.54, 1.807) is 48.5 Å². The van der Waals surface area contributed by atoms with Crippen LogP contribution in [0.5, 0.6) is 0 Å². The second-order valence-electron chi connectivity index (χ2n) is 18.9. The Labute approximate surface area is 374 Å². The Hall–Kier alpha value is -2.58. The molecular weight excluding hydrogens is 822 g/mol. The average molecular weight is 902 g/mol. The van der Waals surface area contributed by atoms with Gasteiger partial charge in [-0.3, -0.25) is 9.59 Å². The first-order chi connectivity index (χ1) is 29.3. The Morgan fingerprint density at radius 1 is 0.841 bits per heavy atom. The molecular formula is C46H79NO16. The number of aliphatic hydroxyl groups is 3. The van der Waals surface area contributed by atoms with Crippen molar-refractivity contribution in [2.24, 2.45) is 23.7 Å². The fourth-order valence-electron chi connectivity index (χ4n) is 9.37. The molecule has 0 aromatic rings. The Morgan fingerprint density at radius 2 is 1.46 bits per heavy atom. The number of likely N-dealkylation sites (N-methyl/N-ethyl adjacent to an activating group) is 1. The van der Waals surface area contributed by atoms with Crippen LogP contribution >= 0.6 is 0 Å². The minimum Gasteiger partial charge on any atom is -0.463 e. The van der Waals surface area contributed by atoms with Crippen molar-refractivity contribution in [3.8, 4) is 0 Å². The summed E-state index contributed by atoms with van der Waals surface area (Å²) in [5, 5.41) is 34.4. The molecule has 0 amide bonds. The van der Waals surface area contributed by atoms with Crippen molar-refractivity contribution in [1.82, 2.24) is 4.90 Å². The van der Waals surface area contributed by atoms with Gasteiger partial charge in [-0.15, -0.1) is 0 Å². The van der Waals surface area contributed by atoms with Crippen molar-refractivity contribution >= 4 is 23.7 Å². The summed E-state index contributed by atoms with van der Waals surface area (Å²) in [4.78, 5) is 56.3. The molecule has 3 aliphatic rings. The van der Waals surface area contributed by atoms with Gasteiger partial charge in [0.1, 0.15) is 23.6 Å². The molecule has 0 bridgehead atoms. The third-order valence-electron chi connectivity index (χ3n) is 13.6. The largest absolute Gasteiger partial charge is 0.463 e. The van der Waals surface area contributed by atoms with Crippen LogP contribution in [0.15, 0.2) is 12.2 Å². The third-order valence-corrected chi connectivity index (χ3v) is 13.6. The van der Waals surface area contributed by atoms with Gasteiger partial charge in [0.25, 0.3) is 0 Å². The molecule has 0 spiro atoms. The molecule has 63 heavy (non-hydrogen) atoms. The van der Waals surface area contributed by atoms with Crippen LogP contribution in [0.1, 0.15) is 115 Å². The van der Waals surface area contributed by atoms with Crippen LogP contribution in [0.3, 0.4) is 0 Å². The van der Waals surface area contributed by atoms with Crippen molar-refractivity contribution in [3.05, 3.63) is 12.2 Å². The van der Waals surface area contributed by atoms with Crippen molar-refractivity contribution in [2.75, 3.05) is 34.9 Å². The minimum absolute atomic E-state index is 0.0247. The summed E-state index contributed by atoms with van der Waals surface area (Å²) in [7, 11) is 6.62. The summed E-state index contributed by atoms with van der Waals surface area (Å²) < 4.78 is 55.9. The van der Waals surface area contributed by atoms with E-state index in [0.29, 0.717) is 12.8 Å². The number of esters is 3. The first kappa shape index (κ1) is 54.8. The number of cyclic esters (lactones) is 1. The molecule has 17 nitrogen and oxygen atoms in total. The lowest BCUT2D eigenvalue weighted by atomic mass is 9.74. The van der Waals surface area contributed by atoms with Gasteiger partial charge < -0.3 is 62.9 Å². The molecule has 3 N–H and O–H groups in total. The van der Waals surface area contributed by atoms with Crippen molar-refractivity contribution in [3.63, 3.8) is 0 Å². The summed E-state index contributed by atoms with van der Waals surface area (Å²) in [5.41, 5.74) is -4.49. The molecule has 0 radical (unpaired) electrons. The van der Waals surface area contributed by atoms with E-state index in [2.05, 4.69) is 0 Å². The summed E-state index contributed by atoms with van der Waals surface area (Å²) in [6, 6.07) is -0.437. The highest BCUT2D eigenvalue weighted by atomic mass is 16.7. The van der Waals surface area contributed by atoms with Gasteiger partial charge in [0.2, 0.25) is 0 Å². The smallest absolute Gasteiger partial charge is 0.331 e. The highest BCUT2D eigenvalue weighted by Crippen LogP contribution is 2.42. The second-order valence-corrected chi connectivity index (χ2v) is 18.9. The fourth-order valence-corrected chi connectivity index (χ4v) is 9.37. The molecule has 1 unspecified atom stereocenters. The van der Waals surface area contributed by atoms with E-state index in [1.165, 1.54) is 28.1 Å². The predicted octanol–water partition coefficient (Wildman–Crippen LogP) is 3.89. The van der Waals surface area contributed by atoms with Gasteiger partial charge in [0.15, 0.2) is 18.7 Å². The van der Waals surface area contributed by atoms with Gasteiger partial charge in [0.05, 0.1) is 60.3 Å². The molecule has 0 aliphatic carbocycles. The number of ether oxygens (including phenoxy) is 9. The SMILES string of the molecule is CCCCOC(=O)/C=C/C(=O)O[C@H]1[C@H](OC2[C@@H](C)[C@H](O[C@H]3C[C@@](C)(OC)[C@@H](O)[C@H](C)O3)[C@@H](C)C(=O)O[C@H](CC)[C@@](C)(O)[C@H](O)[C@@H](C)C(=O)[C@H](C)C[C@@]2(C)OC)O[C@H](C)C[C@@H]1N(C)C. The Kier molecular flexibility index (Phi) is 20.2. The Balaban J connectivity index is 2.24. The van der Waals surface area contributed by atoms with Gasteiger partial charge in [-0.05, 0) is 81.3 Å². The van der Waals surface area contributed by atoms with E-state index in [0.717, 1.165) is 18.6 Å². The number of rotatable bonds is 14. The lowest BCUT2D eigenvalue weighted by Gasteiger charge is -2.50. The minimum atomic E-state index is -2.02. The molecule has 364 valence electrons. The maximum atomic E-state index is 14.4. The normalized spacial score (nSPS) is 42.4. The first-order valence-corrected chi connectivity index (χ1v) is 22.6. The lowest BCUT2D eigenvalue weighted by molar-refractivity contribution is -0.320. The maximum absolute atomic E-state index is 14.4. The first-order valence-electron chi connectivity index (χ1n) is 22.6. The number of aliphatic hydroxyl groups excluding tert-OH is 2. The van der Waals surface area contributed by atoms with Crippen molar-refractivity contribution < 1.29 is 77.1 Å². The number of methoxy groups -OCH3 is 2. The van der Waals surface area contributed by atoms with E-state index in [-0.39, 0.29) is 31.7 Å². The molecule has 0 aromatic carbocycles. The van der Waals surface area contributed by atoms with E-state index in [4.69, 9.17) is 42.6 Å². The molecule has 18 atom stereocenters. The van der Waals surface area contributed by atoms with E-state index < -0.39 is 126 Å². The van der Waals surface area contributed by atoms with Crippen LogP contribution in [0.25, 0.3) is 0 Å². The maximum Gasteiger partial charge on any atom is 0.331 e. The molecule has 0 saturated carbocycles. The van der Waals surface area contributed by atoms with Crippen LogP contribution in [-0.4, -0.2) is 163 Å². The highest BCUT2D eigenvalue weighted by Gasteiger charge is 2.54. The molecule has 3 heterocycles.